The average Bonchev–Trinajstić information content (AvgIpc) is 2.58. The number of carbonyl (C=O) groups excluding carboxylic acids is 2. The van der Waals surface area contributed by atoms with E-state index in [-0.39, 0.29) is 0 Å². The van der Waals surface area contributed by atoms with Crippen molar-refractivity contribution in [2.75, 3.05) is 6.54 Å². The summed E-state index contributed by atoms with van der Waals surface area (Å²) in [4.78, 5) is 22.7. The Balaban J connectivity index is 2.26. The molecule has 1 rings (SSSR count). The molecule has 7 heteroatoms. The standard InChI is InChI=1S/C10H19N3O4/c1-10(2,3)17-9(16)13-12-8(15)7-4-6(14)5-11-7/h6-7,11,14H,4-5H2,1-3H3,(H,12,15)(H,13,16)/t6-,7+/m1/s1. The molecule has 1 saturated heterocycles. The van der Waals surface area contributed by atoms with Crippen LogP contribution in [0.15, 0.2) is 0 Å². The highest BCUT2D eigenvalue weighted by Crippen LogP contribution is 2.07. The van der Waals surface area contributed by atoms with Gasteiger partial charge in [-0.3, -0.25) is 10.2 Å². The van der Waals surface area contributed by atoms with Gasteiger partial charge in [0.2, 0.25) is 0 Å². The smallest absolute Gasteiger partial charge is 0.426 e. The molecule has 0 spiro atoms. The summed E-state index contributed by atoms with van der Waals surface area (Å²) >= 11 is 0. The fourth-order valence-electron chi connectivity index (χ4n) is 1.42. The molecule has 7 nitrogen and oxygen atoms in total. The number of ether oxygens (including phenoxy) is 1. The second-order valence-corrected chi connectivity index (χ2v) is 4.97. The number of aliphatic hydroxyl groups excluding tert-OH is 1. The van der Waals surface area contributed by atoms with E-state index in [0.29, 0.717) is 13.0 Å². The van der Waals surface area contributed by atoms with Crippen LogP contribution in [0.3, 0.4) is 0 Å². The van der Waals surface area contributed by atoms with Gasteiger partial charge in [0.1, 0.15) is 5.60 Å². The van der Waals surface area contributed by atoms with E-state index in [1.807, 2.05) is 0 Å². The lowest BCUT2D eigenvalue weighted by atomic mass is 10.2. The van der Waals surface area contributed by atoms with E-state index in [0.717, 1.165) is 0 Å². The van der Waals surface area contributed by atoms with Gasteiger partial charge in [0, 0.05) is 6.54 Å². The van der Waals surface area contributed by atoms with E-state index >= 15 is 0 Å². The quantitative estimate of drug-likeness (QED) is 0.456. The van der Waals surface area contributed by atoms with Crippen molar-refractivity contribution in [2.24, 2.45) is 0 Å². The van der Waals surface area contributed by atoms with Gasteiger partial charge in [-0.05, 0) is 27.2 Å². The molecule has 0 saturated carbocycles. The van der Waals surface area contributed by atoms with Crippen LogP contribution < -0.4 is 16.2 Å². The molecule has 0 aliphatic carbocycles. The molecule has 17 heavy (non-hydrogen) atoms. The normalized spacial score (nSPS) is 24.2. The fraction of sp³-hybridized carbons (Fsp3) is 0.800. The first kappa shape index (κ1) is 13.7. The number of hydrogen-bond donors (Lipinski definition) is 4. The maximum absolute atomic E-state index is 11.5. The number of rotatable bonds is 1. The molecular formula is C10H19N3O4. The largest absolute Gasteiger partial charge is 0.443 e. The topological polar surface area (TPSA) is 99.7 Å². The maximum Gasteiger partial charge on any atom is 0.426 e. The van der Waals surface area contributed by atoms with Crippen molar-refractivity contribution < 1.29 is 19.4 Å². The number of hydrogen-bond acceptors (Lipinski definition) is 5. The van der Waals surface area contributed by atoms with Gasteiger partial charge in [0.05, 0.1) is 12.1 Å². The third-order valence-corrected chi connectivity index (χ3v) is 2.11. The third kappa shape index (κ3) is 5.01. The zero-order valence-electron chi connectivity index (χ0n) is 10.2. The zero-order chi connectivity index (χ0) is 13.1. The Kier molecular flexibility index (Phi) is 4.30. The molecule has 0 bridgehead atoms. The van der Waals surface area contributed by atoms with Crippen LogP contribution in [0, 0.1) is 0 Å². The monoisotopic (exact) mass is 245 g/mol. The van der Waals surface area contributed by atoms with Gasteiger partial charge in [-0.1, -0.05) is 0 Å². The van der Waals surface area contributed by atoms with Crippen LogP contribution in [0.4, 0.5) is 4.79 Å². The Morgan fingerprint density at radius 1 is 1.35 bits per heavy atom. The first-order valence-electron chi connectivity index (χ1n) is 5.48. The summed E-state index contributed by atoms with van der Waals surface area (Å²) in [6, 6.07) is -0.486. The van der Waals surface area contributed by atoms with Crippen molar-refractivity contribution in [1.82, 2.24) is 16.2 Å². The SMILES string of the molecule is CC(C)(C)OC(=O)NNC(=O)[C@@H]1C[C@@H](O)CN1. The van der Waals surface area contributed by atoms with Gasteiger partial charge in [0.25, 0.3) is 5.91 Å². The summed E-state index contributed by atoms with van der Waals surface area (Å²) in [7, 11) is 0. The Hall–Kier alpha value is -1.34. The van der Waals surface area contributed by atoms with Crippen molar-refractivity contribution in [3.05, 3.63) is 0 Å². The number of aliphatic hydroxyl groups is 1. The van der Waals surface area contributed by atoms with Crippen LogP contribution in [0.2, 0.25) is 0 Å². The molecule has 0 aromatic rings. The van der Waals surface area contributed by atoms with E-state index in [9.17, 15) is 14.7 Å². The number of carbonyl (C=O) groups is 2. The highest BCUT2D eigenvalue weighted by molar-refractivity contribution is 5.84. The minimum atomic E-state index is -0.718. The molecule has 2 amide bonds. The number of amides is 2. The summed E-state index contributed by atoms with van der Waals surface area (Å²) in [5.41, 5.74) is 3.76. The van der Waals surface area contributed by atoms with Crippen LogP contribution in [0.25, 0.3) is 0 Å². The molecule has 0 aromatic heterocycles. The predicted molar refractivity (Wildman–Crippen MR) is 59.9 cm³/mol. The number of β-amino-alcohol motifs (C(OH)–C–C–N with tert-alkyl or cyclic N) is 1. The van der Waals surface area contributed by atoms with Crippen LogP contribution in [-0.4, -0.2) is 41.4 Å². The number of hydrazine groups is 1. The van der Waals surface area contributed by atoms with Gasteiger partial charge >= 0.3 is 6.09 Å². The lowest BCUT2D eigenvalue weighted by molar-refractivity contribution is -0.124. The third-order valence-electron chi connectivity index (χ3n) is 2.11. The minimum absolute atomic E-state index is 0.335. The summed E-state index contributed by atoms with van der Waals surface area (Å²) in [6.07, 6.45) is -0.904. The highest BCUT2D eigenvalue weighted by atomic mass is 16.6. The minimum Gasteiger partial charge on any atom is -0.443 e. The highest BCUT2D eigenvalue weighted by Gasteiger charge is 2.28. The molecule has 0 unspecified atom stereocenters. The lowest BCUT2D eigenvalue weighted by Crippen LogP contribution is -2.50. The van der Waals surface area contributed by atoms with Gasteiger partial charge in [-0.2, -0.15) is 0 Å². The van der Waals surface area contributed by atoms with Crippen molar-refractivity contribution in [3.63, 3.8) is 0 Å². The Bertz CT molecular complexity index is 300. The fourth-order valence-corrected chi connectivity index (χ4v) is 1.42. The van der Waals surface area contributed by atoms with Crippen molar-refractivity contribution >= 4 is 12.0 Å². The first-order valence-corrected chi connectivity index (χ1v) is 5.48. The van der Waals surface area contributed by atoms with Crippen molar-refractivity contribution in [2.45, 2.75) is 44.9 Å². The van der Waals surface area contributed by atoms with Gasteiger partial charge in [0.15, 0.2) is 0 Å². The van der Waals surface area contributed by atoms with E-state index in [1.54, 1.807) is 20.8 Å². The van der Waals surface area contributed by atoms with Crippen LogP contribution in [-0.2, 0) is 9.53 Å². The molecule has 1 fully saturated rings. The lowest BCUT2D eigenvalue weighted by Gasteiger charge is -2.20. The summed E-state index contributed by atoms with van der Waals surface area (Å²) in [6.45, 7) is 5.56. The number of nitrogens with one attached hydrogen (secondary N) is 3. The Labute approximate surface area is 99.9 Å². The molecule has 98 valence electrons. The van der Waals surface area contributed by atoms with Gasteiger partial charge in [-0.15, -0.1) is 0 Å². The molecule has 1 aliphatic heterocycles. The van der Waals surface area contributed by atoms with E-state index < -0.39 is 29.7 Å². The second-order valence-electron chi connectivity index (χ2n) is 4.97. The molecule has 2 atom stereocenters. The molecular weight excluding hydrogens is 226 g/mol. The predicted octanol–water partition coefficient (Wildman–Crippen LogP) is -0.735. The Morgan fingerprint density at radius 2 is 2.00 bits per heavy atom. The van der Waals surface area contributed by atoms with Crippen LogP contribution in [0.1, 0.15) is 27.2 Å². The maximum atomic E-state index is 11.5. The summed E-state index contributed by atoms with van der Waals surface area (Å²) in [5.74, 6) is -0.396. The molecule has 0 aromatic carbocycles. The van der Waals surface area contributed by atoms with E-state index in [4.69, 9.17) is 4.74 Å². The molecule has 1 aliphatic rings. The van der Waals surface area contributed by atoms with E-state index in [1.165, 1.54) is 0 Å². The molecule has 0 radical (unpaired) electrons. The zero-order valence-corrected chi connectivity index (χ0v) is 10.2. The van der Waals surface area contributed by atoms with Gasteiger partial charge < -0.3 is 15.2 Å². The van der Waals surface area contributed by atoms with E-state index in [2.05, 4.69) is 16.2 Å². The van der Waals surface area contributed by atoms with Crippen LogP contribution >= 0.6 is 0 Å². The molecule has 4 N–H and O–H groups in total. The second kappa shape index (κ2) is 5.33. The first-order chi connectivity index (χ1) is 7.78. The average molecular weight is 245 g/mol. The molecule has 1 heterocycles. The Morgan fingerprint density at radius 3 is 2.47 bits per heavy atom. The summed E-state index contributed by atoms with van der Waals surface area (Å²) < 4.78 is 4.94. The summed E-state index contributed by atoms with van der Waals surface area (Å²) in [5, 5.41) is 12.0. The van der Waals surface area contributed by atoms with Gasteiger partial charge in [-0.25, -0.2) is 10.2 Å². The van der Waals surface area contributed by atoms with Crippen LogP contribution in [0.5, 0.6) is 0 Å². The van der Waals surface area contributed by atoms with Crippen molar-refractivity contribution in [3.8, 4) is 0 Å². The van der Waals surface area contributed by atoms with Crippen molar-refractivity contribution in [1.29, 1.82) is 0 Å².